The van der Waals surface area contributed by atoms with Gasteiger partial charge in [-0.3, -0.25) is 4.79 Å². The third kappa shape index (κ3) is 3.36. The SMILES string of the molecule is CC(=O)NC1CCN(c2ncc(C#N)cc2Cl)CC1. The predicted octanol–water partition coefficient (Wildman–Crippen LogP) is 1.71. The summed E-state index contributed by atoms with van der Waals surface area (Å²) in [4.78, 5) is 17.3. The zero-order chi connectivity index (χ0) is 13.8. The number of carbonyl (C=O) groups excluding carboxylic acids is 1. The van der Waals surface area contributed by atoms with Crippen LogP contribution in [0.2, 0.25) is 5.02 Å². The molecular formula is C13H15ClN4O. The van der Waals surface area contributed by atoms with E-state index in [1.54, 1.807) is 6.07 Å². The first-order chi connectivity index (χ1) is 9.10. The van der Waals surface area contributed by atoms with Gasteiger partial charge in [0, 0.05) is 32.3 Å². The van der Waals surface area contributed by atoms with E-state index in [0.29, 0.717) is 16.4 Å². The summed E-state index contributed by atoms with van der Waals surface area (Å²) < 4.78 is 0. The molecule has 19 heavy (non-hydrogen) atoms. The van der Waals surface area contributed by atoms with Crippen LogP contribution < -0.4 is 10.2 Å². The molecule has 0 spiro atoms. The van der Waals surface area contributed by atoms with Crippen LogP contribution in [0.15, 0.2) is 12.3 Å². The fraction of sp³-hybridized carbons (Fsp3) is 0.462. The van der Waals surface area contributed by atoms with Gasteiger partial charge in [0.15, 0.2) is 0 Å². The van der Waals surface area contributed by atoms with E-state index in [2.05, 4.69) is 15.2 Å². The molecule has 0 radical (unpaired) electrons. The highest BCUT2D eigenvalue weighted by Gasteiger charge is 2.22. The number of nitrogens with one attached hydrogen (secondary N) is 1. The van der Waals surface area contributed by atoms with Gasteiger partial charge < -0.3 is 10.2 Å². The van der Waals surface area contributed by atoms with Crippen LogP contribution >= 0.6 is 11.6 Å². The third-order valence-corrected chi connectivity index (χ3v) is 3.43. The second kappa shape index (κ2) is 5.89. The van der Waals surface area contributed by atoms with Gasteiger partial charge in [-0.15, -0.1) is 0 Å². The number of anilines is 1. The number of rotatable bonds is 2. The molecule has 0 atom stereocenters. The van der Waals surface area contributed by atoms with E-state index < -0.39 is 0 Å². The van der Waals surface area contributed by atoms with Crippen LogP contribution in [0.3, 0.4) is 0 Å². The number of pyridine rings is 1. The molecular weight excluding hydrogens is 264 g/mol. The normalized spacial score (nSPS) is 15.9. The lowest BCUT2D eigenvalue weighted by Crippen LogP contribution is -2.44. The maximum Gasteiger partial charge on any atom is 0.217 e. The van der Waals surface area contributed by atoms with Crippen LogP contribution in [0, 0.1) is 11.3 Å². The molecule has 1 aromatic heterocycles. The van der Waals surface area contributed by atoms with Crippen molar-refractivity contribution in [2.45, 2.75) is 25.8 Å². The maximum absolute atomic E-state index is 11.0. The molecule has 1 saturated heterocycles. The summed E-state index contributed by atoms with van der Waals surface area (Å²) >= 11 is 6.14. The van der Waals surface area contributed by atoms with E-state index in [9.17, 15) is 4.79 Å². The molecule has 0 aromatic carbocycles. The number of halogens is 1. The minimum Gasteiger partial charge on any atom is -0.355 e. The summed E-state index contributed by atoms with van der Waals surface area (Å²) in [5, 5.41) is 12.2. The van der Waals surface area contributed by atoms with Crippen LogP contribution in [0.5, 0.6) is 0 Å². The van der Waals surface area contributed by atoms with Crippen LogP contribution in [-0.4, -0.2) is 30.0 Å². The number of nitrogens with zero attached hydrogens (tertiary/aromatic N) is 3. The molecule has 100 valence electrons. The largest absolute Gasteiger partial charge is 0.355 e. The van der Waals surface area contributed by atoms with Gasteiger partial charge in [0.25, 0.3) is 0 Å². The molecule has 1 aliphatic heterocycles. The number of aromatic nitrogens is 1. The lowest BCUT2D eigenvalue weighted by atomic mass is 10.0. The zero-order valence-electron chi connectivity index (χ0n) is 10.7. The predicted molar refractivity (Wildman–Crippen MR) is 73.0 cm³/mol. The van der Waals surface area contributed by atoms with Crippen LogP contribution in [-0.2, 0) is 4.79 Å². The van der Waals surface area contributed by atoms with Crippen molar-refractivity contribution in [3.05, 3.63) is 22.8 Å². The summed E-state index contributed by atoms with van der Waals surface area (Å²) in [6.45, 7) is 3.12. The van der Waals surface area contributed by atoms with E-state index in [-0.39, 0.29) is 11.9 Å². The summed E-state index contributed by atoms with van der Waals surface area (Å²) in [6.07, 6.45) is 3.27. The quantitative estimate of drug-likeness (QED) is 0.894. The molecule has 1 N–H and O–H groups in total. The van der Waals surface area contributed by atoms with Gasteiger partial charge >= 0.3 is 0 Å². The molecule has 1 aromatic rings. The smallest absolute Gasteiger partial charge is 0.217 e. The number of piperidine rings is 1. The average molecular weight is 279 g/mol. The summed E-state index contributed by atoms with van der Waals surface area (Å²) in [5.41, 5.74) is 0.460. The second-order valence-corrected chi connectivity index (χ2v) is 5.01. The highest BCUT2D eigenvalue weighted by Crippen LogP contribution is 2.26. The number of nitriles is 1. The van der Waals surface area contributed by atoms with Crippen molar-refractivity contribution >= 4 is 23.3 Å². The highest BCUT2D eigenvalue weighted by molar-refractivity contribution is 6.33. The average Bonchev–Trinajstić information content (AvgIpc) is 2.39. The van der Waals surface area contributed by atoms with E-state index in [1.807, 2.05) is 6.07 Å². The Morgan fingerprint density at radius 2 is 2.26 bits per heavy atom. The topological polar surface area (TPSA) is 69.0 Å². The Morgan fingerprint density at radius 3 is 2.79 bits per heavy atom. The Bertz CT molecular complexity index is 518. The van der Waals surface area contributed by atoms with Gasteiger partial charge in [-0.2, -0.15) is 5.26 Å². The molecule has 0 aliphatic carbocycles. The van der Waals surface area contributed by atoms with Crippen LogP contribution in [0.4, 0.5) is 5.82 Å². The minimum atomic E-state index is 0.00739. The van der Waals surface area contributed by atoms with Gasteiger partial charge in [0.05, 0.1) is 10.6 Å². The molecule has 2 rings (SSSR count). The van der Waals surface area contributed by atoms with Crippen LogP contribution in [0.25, 0.3) is 0 Å². The monoisotopic (exact) mass is 278 g/mol. The number of hydrogen-bond donors (Lipinski definition) is 1. The fourth-order valence-electron chi connectivity index (χ4n) is 2.25. The van der Waals surface area contributed by atoms with E-state index in [0.717, 1.165) is 25.9 Å². The Kier molecular flexibility index (Phi) is 4.23. The van der Waals surface area contributed by atoms with Crippen molar-refractivity contribution in [3.8, 4) is 6.07 Å². The molecule has 5 nitrogen and oxygen atoms in total. The standard InChI is InChI=1S/C13H15ClN4O/c1-9(19)17-11-2-4-18(5-3-11)13-12(14)6-10(7-15)8-16-13/h6,8,11H,2-5H2,1H3,(H,17,19). The third-order valence-electron chi connectivity index (χ3n) is 3.15. The van der Waals surface area contributed by atoms with E-state index >= 15 is 0 Å². The van der Waals surface area contributed by atoms with Crippen molar-refractivity contribution in [2.75, 3.05) is 18.0 Å². The maximum atomic E-state index is 11.0. The van der Waals surface area contributed by atoms with E-state index in [1.165, 1.54) is 13.1 Å². The lowest BCUT2D eigenvalue weighted by Gasteiger charge is -2.33. The first kappa shape index (κ1) is 13.6. The van der Waals surface area contributed by atoms with Crippen molar-refractivity contribution in [3.63, 3.8) is 0 Å². The molecule has 6 heteroatoms. The Labute approximate surface area is 117 Å². The van der Waals surface area contributed by atoms with Crippen molar-refractivity contribution in [2.24, 2.45) is 0 Å². The second-order valence-electron chi connectivity index (χ2n) is 4.60. The van der Waals surface area contributed by atoms with Gasteiger partial charge in [0.1, 0.15) is 11.9 Å². The molecule has 1 amide bonds. The van der Waals surface area contributed by atoms with Crippen LogP contribution in [0.1, 0.15) is 25.3 Å². The number of hydrogen-bond acceptors (Lipinski definition) is 4. The Balaban J connectivity index is 2.02. The minimum absolute atomic E-state index is 0.00739. The molecule has 1 aliphatic rings. The van der Waals surface area contributed by atoms with Gasteiger partial charge in [-0.25, -0.2) is 4.98 Å². The number of amides is 1. The Hall–Kier alpha value is -1.80. The number of carbonyl (C=O) groups is 1. The van der Waals surface area contributed by atoms with Crippen molar-refractivity contribution in [1.82, 2.24) is 10.3 Å². The van der Waals surface area contributed by atoms with Crippen molar-refractivity contribution < 1.29 is 4.79 Å². The molecule has 0 saturated carbocycles. The Morgan fingerprint density at radius 1 is 1.58 bits per heavy atom. The summed E-state index contributed by atoms with van der Waals surface area (Å²) in [5.74, 6) is 0.718. The molecule has 2 heterocycles. The van der Waals surface area contributed by atoms with Gasteiger partial charge in [-0.05, 0) is 18.9 Å². The summed E-state index contributed by atoms with van der Waals surface area (Å²) in [7, 11) is 0. The van der Waals surface area contributed by atoms with Crippen molar-refractivity contribution in [1.29, 1.82) is 5.26 Å². The summed E-state index contributed by atoms with van der Waals surface area (Å²) in [6, 6.07) is 3.87. The first-order valence-electron chi connectivity index (χ1n) is 6.18. The lowest BCUT2D eigenvalue weighted by molar-refractivity contribution is -0.119. The van der Waals surface area contributed by atoms with E-state index in [4.69, 9.17) is 16.9 Å². The zero-order valence-corrected chi connectivity index (χ0v) is 11.4. The molecule has 0 unspecified atom stereocenters. The highest BCUT2D eigenvalue weighted by atomic mass is 35.5. The first-order valence-corrected chi connectivity index (χ1v) is 6.55. The van der Waals surface area contributed by atoms with Gasteiger partial charge in [0.2, 0.25) is 5.91 Å². The van der Waals surface area contributed by atoms with Gasteiger partial charge in [-0.1, -0.05) is 11.6 Å². The molecule has 0 bridgehead atoms. The molecule has 1 fully saturated rings. The fourth-order valence-corrected chi connectivity index (χ4v) is 2.53.